The van der Waals surface area contributed by atoms with Gasteiger partial charge in [0.15, 0.2) is 0 Å². The number of hydrogen-bond acceptors (Lipinski definition) is 3. The first-order valence-corrected chi connectivity index (χ1v) is 6.28. The molecule has 2 unspecified atom stereocenters. The molecule has 0 aliphatic heterocycles. The summed E-state index contributed by atoms with van der Waals surface area (Å²) in [5.74, 6) is 1.67. The van der Waals surface area contributed by atoms with Crippen LogP contribution >= 0.6 is 11.6 Å². The van der Waals surface area contributed by atoms with E-state index in [0.29, 0.717) is 17.7 Å². The van der Waals surface area contributed by atoms with Crippen molar-refractivity contribution >= 4 is 28.5 Å². The molecule has 0 radical (unpaired) electrons. The summed E-state index contributed by atoms with van der Waals surface area (Å²) in [6.07, 6.45) is 1.84. The van der Waals surface area contributed by atoms with Gasteiger partial charge in [-0.15, -0.1) is 11.6 Å². The molecule has 0 spiro atoms. The van der Waals surface area contributed by atoms with E-state index in [4.69, 9.17) is 11.6 Å². The summed E-state index contributed by atoms with van der Waals surface area (Å²) in [6, 6.07) is 8.21. The van der Waals surface area contributed by atoms with Crippen molar-refractivity contribution in [3.05, 3.63) is 30.5 Å². The van der Waals surface area contributed by atoms with Crippen molar-refractivity contribution in [1.82, 2.24) is 9.97 Å². The summed E-state index contributed by atoms with van der Waals surface area (Å²) < 4.78 is 0. The summed E-state index contributed by atoms with van der Waals surface area (Å²) in [6.45, 7) is 4.19. The van der Waals surface area contributed by atoms with Gasteiger partial charge in [-0.3, -0.25) is 0 Å². The predicted molar refractivity (Wildman–Crippen MR) is 72.5 cm³/mol. The van der Waals surface area contributed by atoms with E-state index in [0.717, 1.165) is 10.9 Å². The quantitative estimate of drug-likeness (QED) is 0.845. The largest absolute Gasteiger partial charge is 0.351 e. The fourth-order valence-electron chi connectivity index (χ4n) is 1.52. The van der Waals surface area contributed by atoms with Gasteiger partial charge >= 0.3 is 0 Å². The number of anilines is 1. The highest BCUT2D eigenvalue weighted by Gasteiger charge is 2.11. The molecule has 1 heterocycles. The minimum absolute atomic E-state index is 0.258. The van der Waals surface area contributed by atoms with Crippen LogP contribution in [0.4, 0.5) is 5.95 Å². The van der Waals surface area contributed by atoms with Gasteiger partial charge in [0.25, 0.3) is 0 Å². The van der Waals surface area contributed by atoms with E-state index in [2.05, 4.69) is 29.1 Å². The van der Waals surface area contributed by atoms with Crippen LogP contribution in [0.3, 0.4) is 0 Å². The van der Waals surface area contributed by atoms with Crippen molar-refractivity contribution in [3.8, 4) is 0 Å². The standard InChI is InChI=1S/C13H16ClN3/c1-9(7-14)10(2)16-13-15-8-11-5-3-4-6-12(11)17-13/h3-6,8-10H,7H2,1-2H3,(H,15,16,17). The molecule has 90 valence electrons. The third kappa shape index (κ3) is 2.86. The van der Waals surface area contributed by atoms with Gasteiger partial charge in [-0.2, -0.15) is 0 Å². The Hall–Kier alpha value is -1.35. The highest BCUT2D eigenvalue weighted by atomic mass is 35.5. The summed E-state index contributed by atoms with van der Waals surface area (Å²) in [5.41, 5.74) is 0.954. The predicted octanol–water partition coefficient (Wildman–Crippen LogP) is 3.31. The number of halogens is 1. The fourth-order valence-corrected chi connectivity index (χ4v) is 1.79. The lowest BCUT2D eigenvalue weighted by Crippen LogP contribution is -2.25. The molecule has 0 saturated heterocycles. The van der Waals surface area contributed by atoms with Crippen LogP contribution < -0.4 is 5.32 Å². The molecule has 0 fully saturated rings. The van der Waals surface area contributed by atoms with Gasteiger partial charge in [-0.05, 0) is 18.9 Å². The third-order valence-electron chi connectivity index (χ3n) is 2.94. The second-order valence-corrected chi connectivity index (χ2v) is 4.63. The lowest BCUT2D eigenvalue weighted by Gasteiger charge is -2.18. The first-order chi connectivity index (χ1) is 8.20. The van der Waals surface area contributed by atoms with E-state index >= 15 is 0 Å². The van der Waals surface area contributed by atoms with Crippen molar-refractivity contribution < 1.29 is 0 Å². The molecule has 0 amide bonds. The van der Waals surface area contributed by atoms with Gasteiger partial charge in [0.2, 0.25) is 5.95 Å². The van der Waals surface area contributed by atoms with Crippen LogP contribution in [0.2, 0.25) is 0 Å². The molecular weight excluding hydrogens is 234 g/mol. The zero-order valence-corrected chi connectivity index (χ0v) is 10.8. The molecule has 0 aliphatic carbocycles. The molecule has 1 aromatic carbocycles. The Kier molecular flexibility index (Phi) is 3.79. The molecule has 0 bridgehead atoms. The zero-order valence-electron chi connectivity index (χ0n) is 10.0. The number of alkyl halides is 1. The SMILES string of the molecule is CC(CCl)C(C)Nc1ncc2ccccc2n1. The van der Waals surface area contributed by atoms with Crippen LogP contribution in [0.15, 0.2) is 30.5 Å². The first kappa shape index (κ1) is 12.1. The summed E-state index contributed by atoms with van der Waals surface area (Å²) in [5, 5.41) is 4.33. The summed E-state index contributed by atoms with van der Waals surface area (Å²) >= 11 is 5.83. The van der Waals surface area contributed by atoms with Gasteiger partial charge in [0.05, 0.1) is 5.52 Å². The second-order valence-electron chi connectivity index (χ2n) is 4.32. The molecule has 2 rings (SSSR count). The van der Waals surface area contributed by atoms with E-state index < -0.39 is 0 Å². The maximum absolute atomic E-state index is 5.83. The maximum atomic E-state index is 5.83. The smallest absolute Gasteiger partial charge is 0.223 e. The van der Waals surface area contributed by atoms with E-state index in [1.807, 2.05) is 30.5 Å². The number of nitrogens with one attached hydrogen (secondary N) is 1. The number of nitrogens with zero attached hydrogens (tertiary/aromatic N) is 2. The van der Waals surface area contributed by atoms with Gasteiger partial charge in [-0.25, -0.2) is 9.97 Å². The average Bonchev–Trinajstić information content (AvgIpc) is 2.37. The van der Waals surface area contributed by atoms with Crippen LogP contribution in [-0.2, 0) is 0 Å². The van der Waals surface area contributed by atoms with E-state index in [9.17, 15) is 0 Å². The summed E-state index contributed by atoms with van der Waals surface area (Å²) in [4.78, 5) is 8.76. The van der Waals surface area contributed by atoms with E-state index in [-0.39, 0.29) is 6.04 Å². The van der Waals surface area contributed by atoms with Crippen LogP contribution in [0, 0.1) is 5.92 Å². The van der Waals surface area contributed by atoms with Crippen molar-refractivity contribution in [2.45, 2.75) is 19.9 Å². The molecule has 3 nitrogen and oxygen atoms in total. The molecule has 1 aromatic heterocycles. The number of fused-ring (bicyclic) bond motifs is 1. The Morgan fingerprint density at radius 3 is 2.82 bits per heavy atom. The highest BCUT2D eigenvalue weighted by molar-refractivity contribution is 6.18. The van der Waals surface area contributed by atoms with Gasteiger partial charge in [0.1, 0.15) is 0 Å². The number of aromatic nitrogens is 2. The Balaban J connectivity index is 2.19. The normalized spacial score (nSPS) is 14.5. The Bertz CT molecular complexity index is 501. The monoisotopic (exact) mass is 249 g/mol. The molecule has 2 atom stereocenters. The van der Waals surface area contributed by atoms with Crippen molar-refractivity contribution in [1.29, 1.82) is 0 Å². The van der Waals surface area contributed by atoms with Gasteiger partial charge in [0, 0.05) is 23.5 Å². The highest BCUT2D eigenvalue weighted by Crippen LogP contribution is 2.14. The van der Waals surface area contributed by atoms with Crippen molar-refractivity contribution in [2.24, 2.45) is 5.92 Å². The summed E-state index contributed by atoms with van der Waals surface area (Å²) in [7, 11) is 0. The molecule has 4 heteroatoms. The van der Waals surface area contributed by atoms with Gasteiger partial charge < -0.3 is 5.32 Å². The van der Waals surface area contributed by atoms with E-state index in [1.165, 1.54) is 0 Å². The number of hydrogen-bond donors (Lipinski definition) is 1. The first-order valence-electron chi connectivity index (χ1n) is 5.75. The second kappa shape index (κ2) is 5.32. The number of benzene rings is 1. The van der Waals surface area contributed by atoms with Crippen molar-refractivity contribution in [3.63, 3.8) is 0 Å². The lowest BCUT2D eigenvalue weighted by molar-refractivity contribution is 0.562. The number of para-hydroxylation sites is 1. The molecule has 0 saturated carbocycles. The zero-order chi connectivity index (χ0) is 12.3. The van der Waals surface area contributed by atoms with Crippen molar-refractivity contribution in [2.75, 3.05) is 11.2 Å². The average molecular weight is 250 g/mol. The molecule has 0 aliphatic rings. The Morgan fingerprint density at radius 1 is 1.29 bits per heavy atom. The van der Waals surface area contributed by atoms with E-state index in [1.54, 1.807) is 0 Å². The molecular formula is C13H16ClN3. The molecule has 1 N–H and O–H groups in total. The Morgan fingerprint density at radius 2 is 2.06 bits per heavy atom. The molecule has 17 heavy (non-hydrogen) atoms. The fraction of sp³-hybridized carbons (Fsp3) is 0.385. The minimum Gasteiger partial charge on any atom is -0.351 e. The maximum Gasteiger partial charge on any atom is 0.223 e. The minimum atomic E-state index is 0.258. The molecule has 2 aromatic rings. The van der Waals surface area contributed by atoms with Crippen LogP contribution in [-0.4, -0.2) is 21.9 Å². The number of rotatable bonds is 4. The van der Waals surface area contributed by atoms with Crippen LogP contribution in [0.25, 0.3) is 10.9 Å². The topological polar surface area (TPSA) is 37.8 Å². The lowest BCUT2D eigenvalue weighted by atomic mass is 10.1. The van der Waals surface area contributed by atoms with Gasteiger partial charge in [-0.1, -0.05) is 25.1 Å². The van der Waals surface area contributed by atoms with Crippen LogP contribution in [0.1, 0.15) is 13.8 Å². The van der Waals surface area contributed by atoms with Crippen LogP contribution in [0.5, 0.6) is 0 Å². The third-order valence-corrected chi connectivity index (χ3v) is 3.43. The Labute approximate surface area is 106 Å².